The van der Waals surface area contributed by atoms with Gasteiger partial charge in [0.15, 0.2) is 0 Å². The lowest BCUT2D eigenvalue weighted by atomic mass is 9.95. The van der Waals surface area contributed by atoms with E-state index in [2.05, 4.69) is 103 Å². The molecule has 0 aromatic heterocycles. The Morgan fingerprint density at radius 1 is 0.500 bits per heavy atom. The molecule has 1 aliphatic rings. The lowest BCUT2D eigenvalue weighted by Gasteiger charge is -2.09. The van der Waals surface area contributed by atoms with Crippen molar-refractivity contribution in [3.63, 3.8) is 0 Å². The van der Waals surface area contributed by atoms with Crippen LogP contribution in [0.25, 0.3) is 11.1 Å². The summed E-state index contributed by atoms with van der Waals surface area (Å²) in [5.41, 5.74) is 6.67. The SMILES string of the molecule is C1=C(c2ccccc2)C(c2ccccc2)=CC1Cc1ccccc1. The average Bonchev–Trinajstić information content (AvgIpc) is 3.08. The van der Waals surface area contributed by atoms with Gasteiger partial charge in [0.2, 0.25) is 0 Å². The first-order valence-electron chi connectivity index (χ1n) is 8.49. The van der Waals surface area contributed by atoms with E-state index in [1.165, 1.54) is 27.8 Å². The van der Waals surface area contributed by atoms with Crippen molar-refractivity contribution in [1.82, 2.24) is 0 Å². The van der Waals surface area contributed by atoms with Crippen LogP contribution in [0.15, 0.2) is 103 Å². The highest BCUT2D eigenvalue weighted by Crippen LogP contribution is 2.39. The molecule has 0 aliphatic heterocycles. The molecule has 0 saturated carbocycles. The molecule has 0 heteroatoms. The van der Waals surface area contributed by atoms with Crippen LogP contribution in [0.1, 0.15) is 16.7 Å². The topological polar surface area (TPSA) is 0 Å². The molecule has 24 heavy (non-hydrogen) atoms. The van der Waals surface area contributed by atoms with E-state index in [0.717, 1.165) is 6.42 Å². The predicted octanol–water partition coefficient (Wildman–Crippen LogP) is 6.03. The van der Waals surface area contributed by atoms with Crippen LogP contribution in [-0.2, 0) is 6.42 Å². The lowest BCUT2D eigenvalue weighted by Crippen LogP contribution is -1.95. The van der Waals surface area contributed by atoms with Gasteiger partial charge in [0.25, 0.3) is 0 Å². The first-order valence-corrected chi connectivity index (χ1v) is 8.49. The Morgan fingerprint density at radius 2 is 0.917 bits per heavy atom. The number of hydrogen-bond acceptors (Lipinski definition) is 0. The van der Waals surface area contributed by atoms with Gasteiger partial charge in [-0.25, -0.2) is 0 Å². The van der Waals surface area contributed by atoms with Crippen LogP contribution in [0.3, 0.4) is 0 Å². The van der Waals surface area contributed by atoms with Crippen molar-refractivity contribution >= 4 is 11.1 Å². The second-order valence-electron chi connectivity index (χ2n) is 6.25. The zero-order valence-corrected chi connectivity index (χ0v) is 13.6. The second kappa shape index (κ2) is 6.72. The van der Waals surface area contributed by atoms with Gasteiger partial charge in [-0.3, -0.25) is 0 Å². The van der Waals surface area contributed by atoms with Crippen molar-refractivity contribution in [2.75, 3.05) is 0 Å². The van der Waals surface area contributed by atoms with Crippen molar-refractivity contribution in [3.8, 4) is 0 Å². The summed E-state index contributed by atoms with van der Waals surface area (Å²) in [7, 11) is 0. The summed E-state index contributed by atoms with van der Waals surface area (Å²) in [6.45, 7) is 0. The maximum Gasteiger partial charge on any atom is 0.000578 e. The molecular formula is C24H20. The molecule has 0 nitrogen and oxygen atoms in total. The summed E-state index contributed by atoms with van der Waals surface area (Å²) in [6, 6.07) is 32.2. The molecular weight excluding hydrogens is 288 g/mol. The normalized spacial score (nSPS) is 14.3. The average molecular weight is 308 g/mol. The quantitative estimate of drug-likeness (QED) is 0.552. The van der Waals surface area contributed by atoms with Gasteiger partial charge in [0, 0.05) is 5.92 Å². The first-order chi connectivity index (χ1) is 11.9. The van der Waals surface area contributed by atoms with Gasteiger partial charge in [-0.1, -0.05) is 103 Å². The zero-order chi connectivity index (χ0) is 16.2. The van der Waals surface area contributed by atoms with Crippen LogP contribution in [-0.4, -0.2) is 0 Å². The third-order valence-electron chi connectivity index (χ3n) is 4.54. The molecule has 0 atom stereocenters. The molecule has 0 unspecified atom stereocenters. The zero-order valence-electron chi connectivity index (χ0n) is 13.6. The maximum absolute atomic E-state index is 2.42. The molecule has 0 fully saturated rings. The first kappa shape index (κ1) is 14.7. The van der Waals surface area contributed by atoms with Gasteiger partial charge in [-0.05, 0) is 34.3 Å². The molecule has 0 bridgehead atoms. The van der Waals surface area contributed by atoms with Gasteiger partial charge in [0.05, 0.1) is 0 Å². The lowest BCUT2D eigenvalue weighted by molar-refractivity contribution is 0.818. The van der Waals surface area contributed by atoms with E-state index in [4.69, 9.17) is 0 Å². The molecule has 0 spiro atoms. The molecule has 3 aromatic rings. The molecule has 0 saturated heterocycles. The number of rotatable bonds is 4. The minimum absolute atomic E-state index is 0.442. The molecule has 1 aliphatic carbocycles. The van der Waals surface area contributed by atoms with Gasteiger partial charge in [-0.2, -0.15) is 0 Å². The highest BCUT2D eigenvalue weighted by Gasteiger charge is 2.20. The van der Waals surface area contributed by atoms with Crippen LogP contribution in [0.5, 0.6) is 0 Å². The molecule has 0 heterocycles. The summed E-state index contributed by atoms with van der Waals surface area (Å²) >= 11 is 0. The van der Waals surface area contributed by atoms with Crippen molar-refractivity contribution in [1.29, 1.82) is 0 Å². The Hall–Kier alpha value is -2.86. The summed E-state index contributed by atoms with van der Waals surface area (Å²) in [5, 5.41) is 0. The predicted molar refractivity (Wildman–Crippen MR) is 102 cm³/mol. The van der Waals surface area contributed by atoms with Crippen LogP contribution < -0.4 is 0 Å². The molecule has 0 radical (unpaired) electrons. The molecule has 116 valence electrons. The van der Waals surface area contributed by atoms with Crippen molar-refractivity contribution in [3.05, 3.63) is 120 Å². The van der Waals surface area contributed by atoms with E-state index in [9.17, 15) is 0 Å². The number of benzene rings is 3. The fraction of sp³-hybridized carbons (Fsp3) is 0.0833. The highest BCUT2D eigenvalue weighted by molar-refractivity contribution is 6.07. The number of hydrogen-bond donors (Lipinski definition) is 0. The molecule has 4 rings (SSSR count). The van der Waals surface area contributed by atoms with E-state index in [-0.39, 0.29) is 0 Å². The van der Waals surface area contributed by atoms with Gasteiger partial charge < -0.3 is 0 Å². The fourth-order valence-corrected chi connectivity index (χ4v) is 3.40. The van der Waals surface area contributed by atoms with E-state index < -0.39 is 0 Å². The standard InChI is InChI=1S/C24H20/c1-4-10-19(11-5-1)16-20-17-23(21-12-6-2-7-13-21)24(18-20)22-14-8-3-9-15-22/h1-15,17-18,20H,16H2. The van der Waals surface area contributed by atoms with Gasteiger partial charge in [-0.15, -0.1) is 0 Å². The summed E-state index contributed by atoms with van der Waals surface area (Å²) in [4.78, 5) is 0. The van der Waals surface area contributed by atoms with Gasteiger partial charge >= 0.3 is 0 Å². The Balaban J connectivity index is 1.72. The Kier molecular flexibility index (Phi) is 4.12. The summed E-state index contributed by atoms with van der Waals surface area (Å²) in [5.74, 6) is 0.442. The highest BCUT2D eigenvalue weighted by atomic mass is 14.2. The monoisotopic (exact) mass is 308 g/mol. The Labute approximate surface area is 143 Å². The third-order valence-corrected chi connectivity index (χ3v) is 4.54. The second-order valence-corrected chi connectivity index (χ2v) is 6.25. The minimum atomic E-state index is 0.442. The molecule has 0 amide bonds. The molecule has 0 N–H and O–H groups in total. The summed E-state index contributed by atoms with van der Waals surface area (Å²) in [6.07, 6.45) is 5.89. The van der Waals surface area contributed by atoms with E-state index in [0.29, 0.717) is 5.92 Å². The minimum Gasteiger partial charge on any atom is -0.0688 e. The Morgan fingerprint density at radius 3 is 1.38 bits per heavy atom. The van der Waals surface area contributed by atoms with Crippen molar-refractivity contribution in [2.24, 2.45) is 5.92 Å². The van der Waals surface area contributed by atoms with Crippen LogP contribution in [0.4, 0.5) is 0 Å². The number of allylic oxidation sites excluding steroid dienone is 4. The van der Waals surface area contributed by atoms with Crippen molar-refractivity contribution < 1.29 is 0 Å². The van der Waals surface area contributed by atoms with Gasteiger partial charge in [0.1, 0.15) is 0 Å². The fourth-order valence-electron chi connectivity index (χ4n) is 3.40. The van der Waals surface area contributed by atoms with Crippen molar-refractivity contribution in [2.45, 2.75) is 6.42 Å². The van der Waals surface area contributed by atoms with Crippen LogP contribution >= 0.6 is 0 Å². The Bertz CT molecular complexity index is 800. The van der Waals surface area contributed by atoms with E-state index in [1.807, 2.05) is 0 Å². The third kappa shape index (κ3) is 3.09. The van der Waals surface area contributed by atoms with E-state index in [1.54, 1.807) is 0 Å². The molecule has 3 aromatic carbocycles. The van der Waals surface area contributed by atoms with E-state index >= 15 is 0 Å². The summed E-state index contributed by atoms with van der Waals surface area (Å²) < 4.78 is 0. The van der Waals surface area contributed by atoms with Crippen LogP contribution in [0.2, 0.25) is 0 Å². The largest absolute Gasteiger partial charge is 0.0688 e. The van der Waals surface area contributed by atoms with Crippen LogP contribution in [0, 0.1) is 5.92 Å². The maximum atomic E-state index is 2.42. The smallest absolute Gasteiger partial charge is 0.000578 e.